The van der Waals surface area contributed by atoms with Crippen LogP contribution in [0.3, 0.4) is 0 Å². The van der Waals surface area contributed by atoms with Gasteiger partial charge in [0.2, 0.25) is 5.91 Å². The third-order valence-corrected chi connectivity index (χ3v) is 4.33. The van der Waals surface area contributed by atoms with E-state index >= 15 is 0 Å². The Morgan fingerprint density at radius 1 is 1.14 bits per heavy atom. The lowest BCUT2D eigenvalue weighted by atomic mass is 10.1. The topological polar surface area (TPSA) is 65.5 Å². The molecule has 0 bridgehead atoms. The number of nitrogens with zero attached hydrogens (tertiary/aromatic N) is 1. The molecule has 1 unspecified atom stereocenters. The number of guanidine groups is 1. The molecule has 3 N–H and O–H groups in total. The van der Waals surface area contributed by atoms with E-state index in [1.54, 1.807) is 13.0 Å². The number of hydrogen-bond donors (Lipinski definition) is 3. The van der Waals surface area contributed by atoms with Crippen LogP contribution in [-0.4, -0.2) is 25.0 Å². The van der Waals surface area contributed by atoms with E-state index in [0.717, 1.165) is 11.1 Å². The van der Waals surface area contributed by atoms with E-state index < -0.39 is 0 Å². The Morgan fingerprint density at radius 2 is 1.89 bits per heavy atom. The summed E-state index contributed by atoms with van der Waals surface area (Å²) in [5, 5.41) is 9.30. The van der Waals surface area contributed by atoms with Crippen molar-refractivity contribution in [3.63, 3.8) is 0 Å². The Hall–Kier alpha value is -2.89. The van der Waals surface area contributed by atoms with Crippen LogP contribution in [0.25, 0.3) is 0 Å². The summed E-state index contributed by atoms with van der Waals surface area (Å²) in [6, 6.07) is 14.9. The number of benzene rings is 2. The smallest absolute Gasteiger partial charge is 0.222 e. The fourth-order valence-electron chi connectivity index (χ4n) is 2.64. The first-order valence-electron chi connectivity index (χ1n) is 9.61. The normalized spacial score (nSPS) is 12.4. The molecule has 0 radical (unpaired) electrons. The lowest BCUT2D eigenvalue weighted by molar-refractivity contribution is -0.121. The van der Waals surface area contributed by atoms with E-state index in [-0.39, 0.29) is 17.8 Å². The number of rotatable bonds is 8. The number of aryl methyl sites for hydroxylation is 1. The zero-order valence-electron chi connectivity index (χ0n) is 16.8. The van der Waals surface area contributed by atoms with Gasteiger partial charge in [0.25, 0.3) is 0 Å². The second-order valence-corrected chi connectivity index (χ2v) is 6.65. The van der Waals surface area contributed by atoms with Gasteiger partial charge in [-0.3, -0.25) is 9.79 Å². The van der Waals surface area contributed by atoms with Crippen molar-refractivity contribution in [3.8, 4) is 0 Å². The molecule has 1 amide bonds. The van der Waals surface area contributed by atoms with Crippen molar-refractivity contribution in [1.82, 2.24) is 16.0 Å². The Labute approximate surface area is 166 Å². The number of halogens is 1. The van der Waals surface area contributed by atoms with Gasteiger partial charge in [0.15, 0.2) is 5.96 Å². The minimum atomic E-state index is -0.219. The van der Waals surface area contributed by atoms with Crippen LogP contribution in [0.1, 0.15) is 43.0 Å². The van der Waals surface area contributed by atoms with Gasteiger partial charge in [0.05, 0.1) is 12.6 Å². The average molecular weight is 384 g/mol. The predicted molar refractivity (Wildman–Crippen MR) is 112 cm³/mol. The van der Waals surface area contributed by atoms with Crippen LogP contribution in [0, 0.1) is 12.7 Å². The SMILES string of the molecule is CCNC(=NCCC(=O)NCc1ccccc1)NC(C)c1ccc(C)c(F)c1. The molecule has 0 saturated heterocycles. The van der Waals surface area contributed by atoms with Gasteiger partial charge in [-0.15, -0.1) is 0 Å². The number of amides is 1. The summed E-state index contributed by atoms with van der Waals surface area (Å²) < 4.78 is 13.8. The molecule has 28 heavy (non-hydrogen) atoms. The Bertz CT molecular complexity index is 792. The third-order valence-electron chi connectivity index (χ3n) is 4.33. The quantitative estimate of drug-likeness (QED) is 0.482. The van der Waals surface area contributed by atoms with Crippen molar-refractivity contribution in [2.75, 3.05) is 13.1 Å². The van der Waals surface area contributed by atoms with Gasteiger partial charge in [-0.2, -0.15) is 0 Å². The predicted octanol–water partition coefficient (Wildman–Crippen LogP) is 3.46. The molecule has 0 aromatic heterocycles. The molecule has 2 rings (SSSR count). The van der Waals surface area contributed by atoms with Gasteiger partial charge >= 0.3 is 0 Å². The minimum Gasteiger partial charge on any atom is -0.357 e. The molecule has 0 fully saturated rings. The summed E-state index contributed by atoms with van der Waals surface area (Å²) in [6.07, 6.45) is 0.303. The number of aliphatic imine (C=N–C) groups is 1. The molecule has 150 valence electrons. The number of nitrogens with one attached hydrogen (secondary N) is 3. The van der Waals surface area contributed by atoms with Gasteiger partial charge in [-0.1, -0.05) is 42.5 Å². The summed E-state index contributed by atoms with van der Waals surface area (Å²) >= 11 is 0. The van der Waals surface area contributed by atoms with Crippen LogP contribution < -0.4 is 16.0 Å². The molecule has 2 aromatic carbocycles. The van der Waals surface area contributed by atoms with E-state index in [0.29, 0.717) is 37.6 Å². The van der Waals surface area contributed by atoms with Crippen molar-refractivity contribution in [3.05, 3.63) is 71.0 Å². The van der Waals surface area contributed by atoms with Crippen molar-refractivity contribution < 1.29 is 9.18 Å². The summed E-state index contributed by atoms with van der Waals surface area (Å²) in [5.74, 6) is 0.340. The van der Waals surface area contributed by atoms with Crippen molar-refractivity contribution >= 4 is 11.9 Å². The van der Waals surface area contributed by atoms with Crippen molar-refractivity contribution in [2.24, 2.45) is 4.99 Å². The molecule has 0 spiro atoms. The second kappa shape index (κ2) is 11.1. The highest BCUT2D eigenvalue weighted by atomic mass is 19.1. The van der Waals surface area contributed by atoms with Gasteiger partial charge in [-0.25, -0.2) is 4.39 Å². The second-order valence-electron chi connectivity index (χ2n) is 6.65. The van der Waals surface area contributed by atoms with Gasteiger partial charge in [-0.05, 0) is 43.5 Å². The maximum Gasteiger partial charge on any atom is 0.222 e. The van der Waals surface area contributed by atoms with E-state index in [9.17, 15) is 9.18 Å². The highest BCUT2D eigenvalue weighted by Crippen LogP contribution is 2.16. The van der Waals surface area contributed by atoms with E-state index in [1.807, 2.05) is 50.2 Å². The zero-order valence-corrected chi connectivity index (χ0v) is 16.8. The van der Waals surface area contributed by atoms with E-state index in [4.69, 9.17) is 0 Å². The summed E-state index contributed by atoms with van der Waals surface area (Å²) in [7, 11) is 0. The summed E-state index contributed by atoms with van der Waals surface area (Å²) in [5.41, 5.74) is 2.53. The largest absolute Gasteiger partial charge is 0.357 e. The molecule has 1 atom stereocenters. The lowest BCUT2D eigenvalue weighted by Crippen LogP contribution is -2.39. The lowest BCUT2D eigenvalue weighted by Gasteiger charge is -2.18. The highest BCUT2D eigenvalue weighted by molar-refractivity contribution is 5.81. The molecule has 2 aromatic rings. The molecule has 0 aliphatic rings. The van der Waals surface area contributed by atoms with Crippen LogP contribution in [0.4, 0.5) is 4.39 Å². The minimum absolute atomic E-state index is 0.0443. The molecule has 0 aliphatic heterocycles. The molecular weight excluding hydrogens is 355 g/mol. The number of hydrogen-bond acceptors (Lipinski definition) is 2. The molecular formula is C22H29FN4O. The first-order chi connectivity index (χ1) is 13.5. The summed E-state index contributed by atoms with van der Waals surface area (Å²) in [4.78, 5) is 16.5. The van der Waals surface area contributed by atoms with E-state index in [1.165, 1.54) is 6.07 Å². The van der Waals surface area contributed by atoms with Crippen LogP contribution in [-0.2, 0) is 11.3 Å². The van der Waals surface area contributed by atoms with Crippen LogP contribution in [0.15, 0.2) is 53.5 Å². The number of carbonyl (C=O) groups is 1. The van der Waals surface area contributed by atoms with Gasteiger partial charge in [0.1, 0.15) is 5.82 Å². The summed E-state index contributed by atoms with van der Waals surface area (Å²) in [6.45, 7) is 7.23. The molecule has 6 heteroatoms. The van der Waals surface area contributed by atoms with Crippen LogP contribution >= 0.6 is 0 Å². The Balaban J connectivity index is 1.85. The zero-order chi connectivity index (χ0) is 20.4. The third kappa shape index (κ3) is 7.02. The van der Waals surface area contributed by atoms with Crippen molar-refractivity contribution in [1.29, 1.82) is 0 Å². The maximum absolute atomic E-state index is 13.8. The van der Waals surface area contributed by atoms with Crippen LogP contribution in [0.2, 0.25) is 0 Å². The first kappa shape index (κ1) is 21.4. The fraction of sp³-hybridized carbons (Fsp3) is 0.364. The molecule has 0 aliphatic carbocycles. The Kier molecular flexibility index (Phi) is 8.46. The highest BCUT2D eigenvalue weighted by Gasteiger charge is 2.10. The first-order valence-corrected chi connectivity index (χ1v) is 9.61. The molecule has 0 saturated carbocycles. The average Bonchev–Trinajstić information content (AvgIpc) is 2.69. The maximum atomic E-state index is 13.8. The van der Waals surface area contributed by atoms with Gasteiger partial charge in [0, 0.05) is 19.5 Å². The number of carbonyl (C=O) groups excluding carboxylic acids is 1. The molecule has 0 heterocycles. The van der Waals surface area contributed by atoms with Crippen LogP contribution in [0.5, 0.6) is 0 Å². The van der Waals surface area contributed by atoms with E-state index in [2.05, 4.69) is 20.9 Å². The standard InChI is InChI=1S/C22H29FN4O/c1-4-24-22(27-17(3)19-11-10-16(2)20(23)14-19)25-13-12-21(28)26-15-18-8-6-5-7-9-18/h5-11,14,17H,4,12-13,15H2,1-3H3,(H,26,28)(H2,24,25,27). The fourth-order valence-corrected chi connectivity index (χ4v) is 2.64. The monoisotopic (exact) mass is 384 g/mol. The Morgan fingerprint density at radius 3 is 2.57 bits per heavy atom. The van der Waals surface area contributed by atoms with Crippen molar-refractivity contribution in [2.45, 2.75) is 39.8 Å². The molecule has 5 nitrogen and oxygen atoms in total. The van der Waals surface area contributed by atoms with Gasteiger partial charge < -0.3 is 16.0 Å².